The molecule has 6 unspecified atom stereocenters. The fourth-order valence-corrected chi connectivity index (χ4v) is 9.98. The third kappa shape index (κ3) is 8.44. The number of hydrogen-bond acceptors (Lipinski definition) is 9. The lowest BCUT2D eigenvalue weighted by Gasteiger charge is -2.30. The van der Waals surface area contributed by atoms with Crippen molar-refractivity contribution in [2.24, 2.45) is 11.8 Å². The Labute approximate surface area is 311 Å². The van der Waals surface area contributed by atoms with Crippen molar-refractivity contribution in [1.82, 2.24) is 25.2 Å². The molecule has 0 spiro atoms. The van der Waals surface area contributed by atoms with Crippen molar-refractivity contribution in [1.29, 1.82) is 0 Å². The summed E-state index contributed by atoms with van der Waals surface area (Å²) in [7, 11) is -3.87. The topological polar surface area (TPSA) is 181 Å². The number of nitrogens with one attached hydrogen (secondary N) is 3. The van der Waals surface area contributed by atoms with Crippen molar-refractivity contribution in [3.63, 3.8) is 0 Å². The average Bonchev–Trinajstić information content (AvgIpc) is 4.01. The number of carbonyl (C=O) groups is 5. The summed E-state index contributed by atoms with van der Waals surface area (Å²) in [5, 5.41) is 5.06. The molecule has 14 nitrogen and oxygen atoms in total. The minimum Gasteiger partial charge on any atom is -0.449 e. The number of cyclic esters (lactones) is 1. The summed E-state index contributed by atoms with van der Waals surface area (Å²) in [4.78, 5) is 72.2. The zero-order valence-electron chi connectivity index (χ0n) is 30.6. The molecule has 2 aliphatic carbocycles. The summed E-state index contributed by atoms with van der Waals surface area (Å²) in [6.45, 7) is 2.95. The molecule has 4 fully saturated rings. The molecule has 2 saturated carbocycles. The highest BCUT2D eigenvalue weighted by atomic mass is 32.2. The van der Waals surface area contributed by atoms with Crippen molar-refractivity contribution >= 4 is 39.9 Å². The van der Waals surface area contributed by atoms with Crippen molar-refractivity contribution in [2.75, 3.05) is 13.2 Å². The third-order valence-corrected chi connectivity index (χ3v) is 13.9. The van der Waals surface area contributed by atoms with Crippen LogP contribution in [0.1, 0.15) is 114 Å². The van der Waals surface area contributed by atoms with E-state index in [2.05, 4.69) is 21.4 Å². The number of hydrogen-bond donors (Lipinski definition) is 3. The standard InChI is InChI=1S/C38H53N5O9S/c1-24-10-7-8-11-25-12-9-13-26-20-42(22-30(25)26)37(48)52-28-18-32-33(44)40-38(35(46)41-53(49,50)29-16-17-29)19-27(38)14-5-3-2-4-6-15-31(34(45)43(32)21-28)39-36(47)51-23-24/h9,12-13,24,27-29,31-32H,2-8,10-11,14-23H2,1H3,(H,39,47)(H,40,44)(H,41,46). The number of benzene rings is 1. The van der Waals surface area contributed by atoms with Crippen molar-refractivity contribution in [3.8, 4) is 0 Å². The third-order valence-electron chi connectivity index (χ3n) is 12.0. The van der Waals surface area contributed by atoms with Crippen LogP contribution in [0.15, 0.2) is 18.2 Å². The Morgan fingerprint density at radius 1 is 0.925 bits per heavy atom. The lowest BCUT2D eigenvalue weighted by atomic mass is 9.97. The molecule has 1 aromatic rings. The molecule has 7 rings (SSSR count). The van der Waals surface area contributed by atoms with E-state index in [0.717, 1.165) is 62.5 Å². The van der Waals surface area contributed by atoms with Gasteiger partial charge in [0.25, 0.3) is 5.91 Å². The van der Waals surface area contributed by atoms with E-state index in [1.165, 1.54) is 10.5 Å². The van der Waals surface area contributed by atoms with Gasteiger partial charge in [0.2, 0.25) is 21.8 Å². The predicted octanol–water partition coefficient (Wildman–Crippen LogP) is 3.79. The van der Waals surface area contributed by atoms with Crippen LogP contribution in [-0.2, 0) is 53.4 Å². The van der Waals surface area contributed by atoms with E-state index in [9.17, 15) is 32.4 Å². The Bertz CT molecular complexity index is 1720. The van der Waals surface area contributed by atoms with Crippen LogP contribution in [0, 0.1) is 11.8 Å². The van der Waals surface area contributed by atoms with Crippen LogP contribution < -0.4 is 15.4 Å². The van der Waals surface area contributed by atoms with E-state index < -0.39 is 68.9 Å². The van der Waals surface area contributed by atoms with Gasteiger partial charge in [-0.15, -0.1) is 0 Å². The number of nitrogens with zero attached hydrogens (tertiary/aromatic N) is 2. The van der Waals surface area contributed by atoms with Gasteiger partial charge in [-0.2, -0.15) is 0 Å². The number of ether oxygens (including phenoxy) is 2. The largest absolute Gasteiger partial charge is 0.449 e. The van der Waals surface area contributed by atoms with Crippen LogP contribution in [0.4, 0.5) is 9.59 Å². The van der Waals surface area contributed by atoms with Crippen molar-refractivity contribution in [3.05, 3.63) is 34.9 Å². The zero-order valence-corrected chi connectivity index (χ0v) is 31.4. The van der Waals surface area contributed by atoms with Gasteiger partial charge in [0.05, 0.1) is 18.4 Å². The first-order chi connectivity index (χ1) is 25.4. The van der Waals surface area contributed by atoms with Crippen LogP contribution >= 0.6 is 0 Å². The minimum atomic E-state index is -3.87. The van der Waals surface area contributed by atoms with Gasteiger partial charge in [-0.05, 0) is 79.9 Å². The summed E-state index contributed by atoms with van der Waals surface area (Å²) in [6.07, 6.45) is 7.77. The summed E-state index contributed by atoms with van der Waals surface area (Å²) < 4.78 is 39.5. The average molecular weight is 756 g/mol. The number of carbonyl (C=O) groups excluding carboxylic acids is 5. The molecular weight excluding hydrogens is 703 g/mol. The second-order valence-electron chi connectivity index (χ2n) is 16.2. The highest BCUT2D eigenvalue weighted by Crippen LogP contribution is 2.48. The predicted molar refractivity (Wildman–Crippen MR) is 192 cm³/mol. The normalized spacial score (nSPS) is 31.9. The summed E-state index contributed by atoms with van der Waals surface area (Å²) in [5.41, 5.74) is 1.95. The highest BCUT2D eigenvalue weighted by molar-refractivity contribution is 7.91. The lowest BCUT2D eigenvalue weighted by Crippen LogP contribution is -2.58. The second kappa shape index (κ2) is 15.5. The summed E-state index contributed by atoms with van der Waals surface area (Å²) >= 11 is 0. The molecule has 5 bridgehead atoms. The maximum Gasteiger partial charge on any atom is 0.410 e. The van der Waals surface area contributed by atoms with Gasteiger partial charge in [0, 0.05) is 19.5 Å². The van der Waals surface area contributed by atoms with Crippen molar-refractivity contribution in [2.45, 2.75) is 145 Å². The Balaban J connectivity index is 1.16. The number of fused-ring (bicyclic) bond motifs is 4. The maximum absolute atomic E-state index is 14.4. The van der Waals surface area contributed by atoms with E-state index in [4.69, 9.17) is 9.47 Å². The van der Waals surface area contributed by atoms with Gasteiger partial charge in [-0.3, -0.25) is 24.0 Å². The Morgan fingerprint density at radius 3 is 2.45 bits per heavy atom. The zero-order chi connectivity index (χ0) is 37.3. The monoisotopic (exact) mass is 755 g/mol. The minimum absolute atomic E-state index is 0.0211. The molecule has 53 heavy (non-hydrogen) atoms. The molecular formula is C38H53N5O9S. The quantitative estimate of drug-likeness (QED) is 0.414. The number of rotatable bonds is 3. The van der Waals surface area contributed by atoms with Gasteiger partial charge in [0.1, 0.15) is 23.7 Å². The SMILES string of the molecule is CC1CCCCc2cccc3c2CN(C3)C(=O)OC2CC3C(=O)NC4(C(=O)NS(=O)(=O)C5CC5)CC4CCCCCCCC(NC(=O)OC1)C(=O)N3C2. The van der Waals surface area contributed by atoms with Gasteiger partial charge < -0.3 is 25.0 Å². The van der Waals surface area contributed by atoms with E-state index >= 15 is 0 Å². The fourth-order valence-electron chi connectivity index (χ4n) is 8.62. The van der Waals surface area contributed by atoms with E-state index in [1.807, 2.05) is 19.1 Å². The van der Waals surface area contributed by atoms with Crippen molar-refractivity contribution < 1.29 is 41.9 Å². The maximum atomic E-state index is 14.4. The molecule has 290 valence electrons. The van der Waals surface area contributed by atoms with Gasteiger partial charge in [0.15, 0.2) is 0 Å². The second-order valence-corrected chi connectivity index (χ2v) is 18.1. The molecule has 4 heterocycles. The summed E-state index contributed by atoms with van der Waals surface area (Å²) in [6, 6.07) is 4.01. The molecule has 5 amide bonds. The van der Waals surface area contributed by atoms with Gasteiger partial charge in [-0.1, -0.05) is 63.6 Å². The molecule has 6 aliphatic rings. The molecule has 6 atom stereocenters. The number of sulfonamides is 1. The Kier molecular flexibility index (Phi) is 10.9. The van der Waals surface area contributed by atoms with E-state index in [1.54, 1.807) is 4.90 Å². The van der Waals surface area contributed by atoms with Crippen LogP contribution in [0.25, 0.3) is 0 Å². The molecule has 4 aliphatic heterocycles. The molecule has 0 aromatic heterocycles. The number of alkyl carbamates (subject to hydrolysis) is 1. The molecule has 3 N–H and O–H groups in total. The lowest BCUT2D eigenvalue weighted by molar-refractivity contribution is -0.141. The molecule has 2 saturated heterocycles. The molecule has 15 heteroatoms. The number of aryl methyl sites for hydroxylation is 1. The number of amides is 5. The van der Waals surface area contributed by atoms with Gasteiger partial charge in [-0.25, -0.2) is 18.0 Å². The van der Waals surface area contributed by atoms with Crippen LogP contribution in [0.3, 0.4) is 0 Å². The molecule has 0 radical (unpaired) electrons. The van der Waals surface area contributed by atoms with Crippen LogP contribution in [0.5, 0.6) is 0 Å². The first-order valence-electron chi connectivity index (χ1n) is 19.6. The summed E-state index contributed by atoms with van der Waals surface area (Å²) in [5.74, 6) is -2.02. The van der Waals surface area contributed by atoms with Gasteiger partial charge >= 0.3 is 12.2 Å². The fraction of sp³-hybridized carbons (Fsp3) is 0.711. The first-order valence-corrected chi connectivity index (χ1v) is 21.1. The molecule has 1 aromatic carbocycles. The highest BCUT2D eigenvalue weighted by Gasteiger charge is 2.62. The smallest absolute Gasteiger partial charge is 0.410 e. The van der Waals surface area contributed by atoms with Crippen LogP contribution in [0.2, 0.25) is 0 Å². The van der Waals surface area contributed by atoms with E-state index in [-0.39, 0.29) is 37.8 Å². The Morgan fingerprint density at radius 2 is 1.66 bits per heavy atom. The van der Waals surface area contributed by atoms with E-state index in [0.29, 0.717) is 45.2 Å². The van der Waals surface area contributed by atoms with Crippen LogP contribution in [-0.4, -0.2) is 90.3 Å². The Hall–Kier alpha value is -3.88. The first kappa shape index (κ1) is 37.4.